The fourth-order valence-electron chi connectivity index (χ4n) is 2.59. The second kappa shape index (κ2) is 5.89. The van der Waals surface area contributed by atoms with Crippen molar-refractivity contribution in [2.45, 2.75) is 6.92 Å². The van der Waals surface area contributed by atoms with Gasteiger partial charge in [0.25, 0.3) is 0 Å². The van der Waals surface area contributed by atoms with E-state index < -0.39 is 5.97 Å². The number of halogens is 2. The molecule has 0 aliphatic carbocycles. The van der Waals surface area contributed by atoms with E-state index in [2.05, 4.69) is 0 Å². The molecule has 0 saturated heterocycles. The third-order valence-electron chi connectivity index (χ3n) is 3.72. The largest absolute Gasteiger partial charge is 0.478 e. The van der Waals surface area contributed by atoms with E-state index in [1.165, 1.54) is 12.1 Å². The zero-order valence-corrected chi connectivity index (χ0v) is 13.0. The van der Waals surface area contributed by atoms with Gasteiger partial charge in [-0.1, -0.05) is 23.7 Å². The molecule has 1 aromatic heterocycles. The van der Waals surface area contributed by atoms with Crippen LogP contribution in [0.15, 0.2) is 54.7 Å². The highest BCUT2D eigenvalue weighted by molar-refractivity contribution is 6.30. The summed E-state index contributed by atoms with van der Waals surface area (Å²) in [6.07, 6.45) is 1.75. The minimum absolute atomic E-state index is 0.201. The lowest BCUT2D eigenvalue weighted by atomic mass is 10.0. The molecule has 0 bridgehead atoms. The molecule has 0 atom stereocenters. The zero-order chi connectivity index (χ0) is 16.6. The highest BCUT2D eigenvalue weighted by Gasteiger charge is 2.20. The normalized spacial score (nSPS) is 10.7. The van der Waals surface area contributed by atoms with Gasteiger partial charge in [-0.15, -0.1) is 0 Å². The minimum atomic E-state index is -1.02. The number of aromatic nitrogens is 1. The molecule has 1 N–H and O–H groups in total. The Balaban J connectivity index is 2.20. The highest BCUT2D eigenvalue weighted by atomic mass is 35.5. The summed E-state index contributed by atoms with van der Waals surface area (Å²) in [5, 5.41) is 10.2. The van der Waals surface area contributed by atoms with Crippen LogP contribution in [0.3, 0.4) is 0 Å². The summed E-state index contributed by atoms with van der Waals surface area (Å²) >= 11 is 5.90. The summed E-state index contributed by atoms with van der Waals surface area (Å²) in [6.45, 7) is 1.74. The number of nitrogens with zero attached hydrogens (tertiary/aromatic N) is 1. The summed E-state index contributed by atoms with van der Waals surface area (Å²) in [6, 6.07) is 12.9. The second-order valence-electron chi connectivity index (χ2n) is 5.16. The molecule has 0 aliphatic rings. The van der Waals surface area contributed by atoms with Gasteiger partial charge in [0.1, 0.15) is 5.82 Å². The van der Waals surface area contributed by atoms with Gasteiger partial charge in [0, 0.05) is 28.2 Å². The maximum Gasteiger partial charge on any atom is 0.338 e. The number of carboxylic acids is 1. The lowest BCUT2D eigenvalue weighted by Gasteiger charge is -2.06. The van der Waals surface area contributed by atoms with Crippen LogP contribution in [0.4, 0.5) is 4.39 Å². The van der Waals surface area contributed by atoms with Crippen LogP contribution in [0.2, 0.25) is 5.02 Å². The maximum atomic E-state index is 13.1. The van der Waals surface area contributed by atoms with Crippen LogP contribution in [0.1, 0.15) is 16.1 Å². The summed E-state index contributed by atoms with van der Waals surface area (Å²) in [5.74, 6) is -1.38. The van der Waals surface area contributed by atoms with Crippen molar-refractivity contribution in [3.05, 3.63) is 76.8 Å². The number of hydrogen-bond acceptors (Lipinski definition) is 1. The van der Waals surface area contributed by atoms with Crippen LogP contribution in [-0.4, -0.2) is 15.6 Å². The van der Waals surface area contributed by atoms with E-state index in [0.717, 1.165) is 5.69 Å². The van der Waals surface area contributed by atoms with Gasteiger partial charge in [0.2, 0.25) is 0 Å². The first kappa shape index (κ1) is 15.3. The second-order valence-corrected chi connectivity index (χ2v) is 5.60. The molecule has 23 heavy (non-hydrogen) atoms. The molecule has 0 radical (unpaired) electrons. The van der Waals surface area contributed by atoms with Gasteiger partial charge in [-0.2, -0.15) is 0 Å². The zero-order valence-electron chi connectivity index (χ0n) is 12.3. The fraction of sp³-hybridized carbons (Fsp3) is 0.0556. The Kier molecular flexibility index (Phi) is 3.92. The van der Waals surface area contributed by atoms with Gasteiger partial charge in [-0.25, -0.2) is 9.18 Å². The van der Waals surface area contributed by atoms with Gasteiger partial charge < -0.3 is 9.67 Å². The minimum Gasteiger partial charge on any atom is -0.478 e. The molecule has 0 amide bonds. The molecular weight excluding hydrogens is 317 g/mol. The number of carboxylic acid groups (broad SMARTS) is 1. The molecule has 2 aromatic carbocycles. The monoisotopic (exact) mass is 329 g/mol. The quantitative estimate of drug-likeness (QED) is 0.739. The van der Waals surface area contributed by atoms with Crippen LogP contribution in [0.5, 0.6) is 0 Å². The van der Waals surface area contributed by atoms with Crippen molar-refractivity contribution in [2.75, 3.05) is 0 Å². The molecule has 0 spiro atoms. The third-order valence-corrected chi connectivity index (χ3v) is 3.98. The Hall–Kier alpha value is -2.59. The van der Waals surface area contributed by atoms with Crippen molar-refractivity contribution in [2.24, 2.45) is 0 Å². The van der Waals surface area contributed by atoms with Crippen molar-refractivity contribution in [1.29, 1.82) is 0 Å². The van der Waals surface area contributed by atoms with Gasteiger partial charge >= 0.3 is 5.97 Å². The van der Waals surface area contributed by atoms with E-state index in [9.17, 15) is 14.3 Å². The van der Waals surface area contributed by atoms with E-state index in [1.54, 1.807) is 42.0 Å². The summed E-state index contributed by atoms with van der Waals surface area (Å²) < 4.78 is 14.9. The van der Waals surface area contributed by atoms with Gasteiger partial charge in [-0.05, 0) is 48.9 Å². The van der Waals surface area contributed by atoms with Crippen molar-refractivity contribution >= 4 is 17.6 Å². The Morgan fingerprint density at radius 1 is 1.09 bits per heavy atom. The SMILES string of the molecule is Cc1c(C(=O)O)c(-c2ccc(F)cc2)cn1-c1ccc(Cl)cc1. The lowest BCUT2D eigenvalue weighted by molar-refractivity contribution is 0.0697. The summed E-state index contributed by atoms with van der Waals surface area (Å²) in [7, 11) is 0. The number of benzene rings is 2. The Labute approximate surface area is 137 Å². The van der Waals surface area contributed by atoms with Crippen LogP contribution < -0.4 is 0 Å². The standard InChI is InChI=1S/C18H13ClFNO2/c1-11-17(18(22)23)16(12-2-6-14(20)7-3-12)10-21(11)15-8-4-13(19)5-9-15/h2-10H,1H3,(H,22,23). The average Bonchev–Trinajstić information content (AvgIpc) is 2.86. The van der Waals surface area contributed by atoms with Gasteiger partial charge in [0.15, 0.2) is 0 Å². The Morgan fingerprint density at radius 2 is 1.70 bits per heavy atom. The summed E-state index contributed by atoms with van der Waals surface area (Å²) in [4.78, 5) is 11.7. The third kappa shape index (κ3) is 2.85. The maximum absolute atomic E-state index is 13.1. The molecule has 116 valence electrons. The van der Waals surface area contributed by atoms with Crippen molar-refractivity contribution in [1.82, 2.24) is 4.57 Å². The average molecular weight is 330 g/mol. The predicted octanol–water partition coefficient (Wildman–Crippen LogP) is 4.94. The van der Waals surface area contributed by atoms with Gasteiger partial charge in [0.05, 0.1) is 5.56 Å². The van der Waals surface area contributed by atoms with E-state index in [0.29, 0.717) is 21.8 Å². The number of hydrogen-bond donors (Lipinski definition) is 1. The van der Waals surface area contributed by atoms with Crippen LogP contribution in [0.25, 0.3) is 16.8 Å². The van der Waals surface area contributed by atoms with Crippen molar-refractivity contribution in [3.8, 4) is 16.8 Å². The first-order chi connectivity index (χ1) is 11.0. The number of rotatable bonds is 3. The van der Waals surface area contributed by atoms with E-state index in [1.807, 2.05) is 12.1 Å². The van der Waals surface area contributed by atoms with E-state index in [-0.39, 0.29) is 11.4 Å². The fourth-order valence-corrected chi connectivity index (χ4v) is 2.72. The molecule has 0 aliphatic heterocycles. The van der Waals surface area contributed by atoms with Crippen molar-refractivity contribution < 1.29 is 14.3 Å². The predicted molar refractivity (Wildman–Crippen MR) is 87.9 cm³/mol. The molecule has 1 heterocycles. The molecule has 3 nitrogen and oxygen atoms in total. The van der Waals surface area contributed by atoms with E-state index in [4.69, 9.17) is 11.6 Å². The van der Waals surface area contributed by atoms with Gasteiger partial charge in [-0.3, -0.25) is 0 Å². The molecular formula is C18H13ClFNO2. The molecule has 3 aromatic rings. The lowest BCUT2D eigenvalue weighted by Crippen LogP contribution is -2.02. The number of aromatic carboxylic acids is 1. The topological polar surface area (TPSA) is 42.2 Å². The highest BCUT2D eigenvalue weighted by Crippen LogP contribution is 2.30. The van der Waals surface area contributed by atoms with Crippen LogP contribution in [-0.2, 0) is 0 Å². The molecule has 0 saturated carbocycles. The Morgan fingerprint density at radius 3 is 2.26 bits per heavy atom. The molecule has 5 heteroatoms. The first-order valence-corrected chi connectivity index (χ1v) is 7.32. The number of carbonyl (C=O) groups is 1. The van der Waals surface area contributed by atoms with Crippen molar-refractivity contribution in [3.63, 3.8) is 0 Å². The summed E-state index contributed by atoms with van der Waals surface area (Å²) in [5.41, 5.74) is 2.80. The molecule has 3 rings (SSSR count). The smallest absolute Gasteiger partial charge is 0.338 e. The first-order valence-electron chi connectivity index (χ1n) is 6.94. The Bertz CT molecular complexity index is 867. The van der Waals surface area contributed by atoms with Crippen LogP contribution >= 0.6 is 11.6 Å². The molecule has 0 fully saturated rings. The van der Waals surface area contributed by atoms with Crippen LogP contribution in [0, 0.1) is 12.7 Å². The van der Waals surface area contributed by atoms with E-state index >= 15 is 0 Å². The molecule has 0 unspecified atom stereocenters.